The zero-order chi connectivity index (χ0) is 14.6. The van der Waals surface area contributed by atoms with E-state index in [1.807, 2.05) is 6.07 Å². The monoisotopic (exact) mass is 285 g/mol. The highest BCUT2D eigenvalue weighted by atomic mass is 32.2. The number of hydrogen-bond donors (Lipinski definition) is 1. The maximum atomic E-state index is 13.7. The number of sulfonamides is 1. The maximum absolute atomic E-state index is 13.7. The zero-order valence-electron chi connectivity index (χ0n) is 10.8. The predicted molar refractivity (Wildman–Crippen MR) is 70.1 cm³/mol. The van der Waals surface area contributed by atoms with Gasteiger partial charge < -0.3 is 5.73 Å². The Bertz CT molecular complexity index is 593. The van der Waals surface area contributed by atoms with Crippen molar-refractivity contribution >= 4 is 15.7 Å². The molecule has 0 fully saturated rings. The summed E-state index contributed by atoms with van der Waals surface area (Å²) in [6, 6.07) is 4.96. The number of anilines is 1. The summed E-state index contributed by atoms with van der Waals surface area (Å²) in [5.74, 6) is -0.886. The van der Waals surface area contributed by atoms with E-state index in [9.17, 15) is 12.8 Å². The van der Waals surface area contributed by atoms with Crippen molar-refractivity contribution in [1.82, 2.24) is 4.31 Å². The van der Waals surface area contributed by atoms with Crippen LogP contribution < -0.4 is 5.73 Å². The van der Waals surface area contributed by atoms with Crippen LogP contribution in [-0.2, 0) is 10.0 Å². The molecule has 0 aliphatic heterocycles. The second kappa shape index (κ2) is 5.99. The maximum Gasteiger partial charge on any atom is 0.246 e. The molecule has 1 aromatic carbocycles. The Labute approximate surface area is 112 Å². The van der Waals surface area contributed by atoms with E-state index in [2.05, 4.69) is 0 Å². The fourth-order valence-corrected chi connectivity index (χ4v) is 3.35. The van der Waals surface area contributed by atoms with Gasteiger partial charge in [0.2, 0.25) is 10.0 Å². The van der Waals surface area contributed by atoms with E-state index >= 15 is 0 Å². The molecule has 5 nitrogen and oxygen atoms in total. The molecule has 2 N–H and O–H groups in total. The largest absolute Gasteiger partial charge is 0.399 e. The number of hydrogen-bond acceptors (Lipinski definition) is 4. The molecule has 0 unspecified atom stereocenters. The Kier molecular flexibility index (Phi) is 4.86. The molecule has 0 atom stereocenters. The van der Waals surface area contributed by atoms with Gasteiger partial charge in [-0.2, -0.15) is 9.57 Å². The van der Waals surface area contributed by atoms with Crippen molar-refractivity contribution in [2.75, 3.05) is 12.3 Å². The van der Waals surface area contributed by atoms with Gasteiger partial charge in [-0.25, -0.2) is 12.8 Å². The summed E-state index contributed by atoms with van der Waals surface area (Å²) in [5, 5.41) is 8.56. The molecule has 0 amide bonds. The Morgan fingerprint density at radius 3 is 2.58 bits per heavy atom. The van der Waals surface area contributed by atoms with Gasteiger partial charge >= 0.3 is 0 Å². The average molecular weight is 285 g/mol. The van der Waals surface area contributed by atoms with Crippen molar-refractivity contribution in [2.24, 2.45) is 0 Å². The SMILES string of the molecule is CC(C)N(CCC#N)S(=O)(=O)c1ccc(N)cc1F. The Balaban J connectivity index is 3.23. The molecule has 0 radical (unpaired) electrons. The second-order valence-electron chi connectivity index (χ2n) is 4.31. The smallest absolute Gasteiger partial charge is 0.246 e. The van der Waals surface area contributed by atoms with Gasteiger partial charge in [0.25, 0.3) is 0 Å². The molecule has 0 saturated carbocycles. The van der Waals surface area contributed by atoms with E-state index in [4.69, 9.17) is 11.0 Å². The standard InChI is InChI=1S/C12H16FN3O2S/c1-9(2)16(7-3-6-14)19(17,18)12-5-4-10(15)8-11(12)13/h4-5,8-9H,3,7,15H2,1-2H3. The molecule has 0 saturated heterocycles. The van der Waals surface area contributed by atoms with Gasteiger partial charge in [-0.05, 0) is 32.0 Å². The summed E-state index contributed by atoms with van der Waals surface area (Å²) in [6.07, 6.45) is 0.0496. The molecule has 104 valence electrons. The van der Waals surface area contributed by atoms with Gasteiger partial charge in [0.1, 0.15) is 10.7 Å². The molecule has 0 aromatic heterocycles. The van der Waals surface area contributed by atoms with Gasteiger partial charge in [0.05, 0.1) is 6.07 Å². The van der Waals surface area contributed by atoms with Crippen molar-refractivity contribution in [3.05, 3.63) is 24.0 Å². The molecular weight excluding hydrogens is 269 g/mol. The predicted octanol–water partition coefficient (Wildman–Crippen LogP) is 1.72. The van der Waals surface area contributed by atoms with Gasteiger partial charge in [0, 0.05) is 24.7 Å². The van der Waals surface area contributed by atoms with Crippen molar-refractivity contribution in [2.45, 2.75) is 31.2 Å². The highest BCUT2D eigenvalue weighted by molar-refractivity contribution is 7.89. The molecule has 0 bridgehead atoms. The summed E-state index contributed by atoms with van der Waals surface area (Å²) >= 11 is 0. The normalized spacial score (nSPS) is 11.8. The van der Waals surface area contributed by atoms with E-state index in [0.717, 1.165) is 16.4 Å². The third-order valence-corrected chi connectivity index (χ3v) is 4.67. The minimum atomic E-state index is -3.97. The molecule has 0 spiro atoms. The van der Waals surface area contributed by atoms with Crippen LogP contribution in [-0.4, -0.2) is 25.3 Å². The fraction of sp³-hybridized carbons (Fsp3) is 0.417. The molecule has 0 aliphatic rings. The van der Waals surface area contributed by atoms with Crippen molar-refractivity contribution in [1.29, 1.82) is 5.26 Å². The summed E-state index contributed by atoms with van der Waals surface area (Å²) in [5.41, 5.74) is 5.55. The lowest BCUT2D eigenvalue weighted by molar-refractivity contribution is 0.358. The summed E-state index contributed by atoms with van der Waals surface area (Å²) in [4.78, 5) is -0.423. The third kappa shape index (κ3) is 3.43. The van der Waals surface area contributed by atoms with Crippen LogP contribution >= 0.6 is 0 Å². The number of nitriles is 1. The Hall–Kier alpha value is -1.65. The fourth-order valence-electron chi connectivity index (χ4n) is 1.67. The molecule has 19 heavy (non-hydrogen) atoms. The van der Waals surface area contributed by atoms with E-state index in [1.54, 1.807) is 13.8 Å². The summed E-state index contributed by atoms with van der Waals surface area (Å²) in [6.45, 7) is 3.37. The third-order valence-electron chi connectivity index (χ3n) is 2.56. The summed E-state index contributed by atoms with van der Waals surface area (Å²) < 4.78 is 39.5. The number of rotatable bonds is 5. The molecule has 7 heteroatoms. The van der Waals surface area contributed by atoms with Crippen LogP contribution in [0.4, 0.5) is 10.1 Å². The highest BCUT2D eigenvalue weighted by Crippen LogP contribution is 2.23. The van der Waals surface area contributed by atoms with Gasteiger partial charge in [-0.15, -0.1) is 0 Å². The Morgan fingerprint density at radius 2 is 2.11 bits per heavy atom. The molecule has 0 aliphatic carbocycles. The van der Waals surface area contributed by atoms with Gasteiger partial charge in [0.15, 0.2) is 0 Å². The van der Waals surface area contributed by atoms with Crippen LogP contribution in [0.15, 0.2) is 23.1 Å². The number of benzene rings is 1. The number of nitrogens with two attached hydrogens (primary N) is 1. The van der Waals surface area contributed by atoms with Crippen molar-refractivity contribution < 1.29 is 12.8 Å². The second-order valence-corrected chi connectivity index (χ2v) is 6.17. The minimum Gasteiger partial charge on any atom is -0.399 e. The zero-order valence-corrected chi connectivity index (χ0v) is 11.6. The number of halogens is 1. The number of nitrogens with zero attached hydrogens (tertiary/aromatic N) is 2. The van der Waals surface area contributed by atoms with E-state index in [1.165, 1.54) is 6.07 Å². The molecule has 1 aromatic rings. The molecule has 1 rings (SSSR count). The van der Waals surface area contributed by atoms with Crippen molar-refractivity contribution in [3.63, 3.8) is 0 Å². The lowest BCUT2D eigenvalue weighted by Crippen LogP contribution is -2.38. The van der Waals surface area contributed by atoms with Gasteiger partial charge in [-0.3, -0.25) is 0 Å². The van der Waals surface area contributed by atoms with Gasteiger partial charge in [-0.1, -0.05) is 0 Å². The first-order chi connectivity index (χ1) is 8.80. The van der Waals surface area contributed by atoms with Crippen LogP contribution in [0, 0.1) is 17.1 Å². The quantitative estimate of drug-likeness (QED) is 0.834. The van der Waals surface area contributed by atoms with E-state index < -0.39 is 20.7 Å². The lowest BCUT2D eigenvalue weighted by Gasteiger charge is -2.25. The molecule has 0 heterocycles. The first kappa shape index (κ1) is 15.4. The van der Waals surface area contributed by atoms with Crippen LogP contribution in [0.3, 0.4) is 0 Å². The van der Waals surface area contributed by atoms with E-state index in [0.29, 0.717) is 0 Å². The topological polar surface area (TPSA) is 87.2 Å². The summed E-state index contributed by atoms with van der Waals surface area (Å²) in [7, 11) is -3.97. The van der Waals surface area contributed by atoms with Crippen LogP contribution in [0.2, 0.25) is 0 Å². The van der Waals surface area contributed by atoms with E-state index in [-0.39, 0.29) is 24.7 Å². The molecular formula is C12H16FN3O2S. The Morgan fingerprint density at radius 1 is 1.47 bits per heavy atom. The minimum absolute atomic E-state index is 0.0281. The van der Waals surface area contributed by atoms with Crippen LogP contribution in [0.1, 0.15) is 20.3 Å². The highest BCUT2D eigenvalue weighted by Gasteiger charge is 2.29. The van der Waals surface area contributed by atoms with Crippen LogP contribution in [0.25, 0.3) is 0 Å². The van der Waals surface area contributed by atoms with Crippen LogP contribution in [0.5, 0.6) is 0 Å². The van der Waals surface area contributed by atoms with Crippen molar-refractivity contribution in [3.8, 4) is 6.07 Å². The first-order valence-electron chi connectivity index (χ1n) is 5.74. The average Bonchev–Trinajstić information content (AvgIpc) is 2.27. The number of nitrogen functional groups attached to an aromatic ring is 1. The first-order valence-corrected chi connectivity index (χ1v) is 7.18. The lowest BCUT2D eigenvalue weighted by atomic mass is 10.3.